The number of nitrogens with zero attached hydrogens (tertiary/aromatic N) is 2. The lowest BCUT2D eigenvalue weighted by Gasteiger charge is -2.28. The molecule has 2 heterocycles. The largest absolute Gasteiger partial charge is 0.376 e. The number of thiophene rings is 1. The standard InChI is InChI=1S/C17H20N4O2S/c1-20(2)14-4-3-11(16(18)22)9-13(14)19-17(23)21-7-5-15-12(10-21)6-8-24-15/h3-4,6,8-9H,5,7,10H2,1-2H3,(H2,18,22)(H,19,23). The number of carbonyl (C=O) groups is 2. The highest BCUT2D eigenvalue weighted by Gasteiger charge is 2.22. The van der Waals surface area contributed by atoms with Gasteiger partial charge in [0.2, 0.25) is 5.91 Å². The van der Waals surface area contributed by atoms with Gasteiger partial charge in [-0.15, -0.1) is 11.3 Å². The fourth-order valence-corrected chi connectivity index (χ4v) is 3.69. The number of rotatable bonds is 3. The molecule has 0 saturated carbocycles. The molecule has 0 spiro atoms. The van der Waals surface area contributed by atoms with Crippen LogP contribution in [0.5, 0.6) is 0 Å². The Morgan fingerprint density at radius 3 is 2.79 bits per heavy atom. The SMILES string of the molecule is CN(C)c1ccc(C(N)=O)cc1NC(=O)N1CCc2sccc2C1. The summed E-state index contributed by atoms with van der Waals surface area (Å²) in [6.07, 6.45) is 0.877. The zero-order valence-corrected chi connectivity index (χ0v) is 14.5. The lowest BCUT2D eigenvalue weighted by molar-refractivity contribution is 0.1000. The minimum atomic E-state index is -0.517. The number of nitrogens with two attached hydrogens (primary N) is 1. The summed E-state index contributed by atoms with van der Waals surface area (Å²) in [5.74, 6) is -0.517. The lowest BCUT2D eigenvalue weighted by Crippen LogP contribution is -2.38. The molecular weight excluding hydrogens is 324 g/mol. The van der Waals surface area contributed by atoms with Crippen molar-refractivity contribution in [2.45, 2.75) is 13.0 Å². The van der Waals surface area contributed by atoms with Gasteiger partial charge in [0.05, 0.1) is 11.4 Å². The van der Waals surface area contributed by atoms with Crippen LogP contribution < -0.4 is 16.0 Å². The van der Waals surface area contributed by atoms with Crippen LogP contribution in [0.3, 0.4) is 0 Å². The Morgan fingerprint density at radius 2 is 2.08 bits per heavy atom. The molecule has 0 bridgehead atoms. The molecule has 3 N–H and O–H groups in total. The van der Waals surface area contributed by atoms with Crippen molar-refractivity contribution in [3.63, 3.8) is 0 Å². The van der Waals surface area contributed by atoms with E-state index >= 15 is 0 Å². The minimum absolute atomic E-state index is 0.170. The number of hydrogen-bond acceptors (Lipinski definition) is 4. The molecule has 2 aromatic rings. The van der Waals surface area contributed by atoms with E-state index in [4.69, 9.17) is 5.73 Å². The molecule has 0 saturated heterocycles. The van der Waals surface area contributed by atoms with Gasteiger partial charge in [-0.25, -0.2) is 4.79 Å². The summed E-state index contributed by atoms with van der Waals surface area (Å²) in [5, 5.41) is 4.98. The van der Waals surface area contributed by atoms with E-state index < -0.39 is 5.91 Å². The summed E-state index contributed by atoms with van der Waals surface area (Å²) in [6.45, 7) is 1.30. The molecule has 126 valence electrons. The van der Waals surface area contributed by atoms with Gasteiger partial charge in [-0.05, 0) is 41.6 Å². The Balaban J connectivity index is 1.81. The summed E-state index contributed by atoms with van der Waals surface area (Å²) in [6, 6.07) is 6.96. The molecule has 3 rings (SSSR count). The van der Waals surface area contributed by atoms with Crippen molar-refractivity contribution in [3.05, 3.63) is 45.6 Å². The summed E-state index contributed by atoms with van der Waals surface area (Å²) >= 11 is 1.74. The van der Waals surface area contributed by atoms with E-state index in [1.54, 1.807) is 34.4 Å². The van der Waals surface area contributed by atoms with Crippen LogP contribution in [0.25, 0.3) is 0 Å². The third kappa shape index (κ3) is 3.21. The van der Waals surface area contributed by atoms with Gasteiger partial charge in [-0.3, -0.25) is 4.79 Å². The van der Waals surface area contributed by atoms with Gasteiger partial charge < -0.3 is 20.9 Å². The van der Waals surface area contributed by atoms with Gasteiger partial charge in [0.25, 0.3) is 0 Å². The maximum absolute atomic E-state index is 12.6. The maximum atomic E-state index is 12.6. The zero-order valence-electron chi connectivity index (χ0n) is 13.7. The number of hydrogen-bond donors (Lipinski definition) is 2. The van der Waals surface area contributed by atoms with Crippen LogP contribution in [0.4, 0.5) is 16.2 Å². The molecule has 0 fully saturated rings. The van der Waals surface area contributed by atoms with E-state index in [0.717, 1.165) is 12.1 Å². The first-order chi connectivity index (χ1) is 11.5. The third-order valence-electron chi connectivity index (χ3n) is 4.10. The van der Waals surface area contributed by atoms with E-state index in [0.29, 0.717) is 24.3 Å². The van der Waals surface area contributed by atoms with Crippen LogP contribution in [0.15, 0.2) is 29.6 Å². The second-order valence-corrected chi connectivity index (χ2v) is 6.96. The van der Waals surface area contributed by atoms with E-state index in [1.165, 1.54) is 10.4 Å². The van der Waals surface area contributed by atoms with Crippen LogP contribution in [-0.2, 0) is 13.0 Å². The van der Waals surface area contributed by atoms with Gasteiger partial charge in [0.1, 0.15) is 0 Å². The Labute approximate surface area is 144 Å². The van der Waals surface area contributed by atoms with Crippen LogP contribution in [0.1, 0.15) is 20.8 Å². The van der Waals surface area contributed by atoms with Crippen molar-refractivity contribution < 1.29 is 9.59 Å². The molecule has 7 heteroatoms. The first-order valence-electron chi connectivity index (χ1n) is 7.68. The van der Waals surface area contributed by atoms with Crippen molar-refractivity contribution in [2.24, 2.45) is 5.73 Å². The summed E-state index contributed by atoms with van der Waals surface area (Å²) in [4.78, 5) is 29.1. The van der Waals surface area contributed by atoms with Crippen LogP contribution in [0, 0.1) is 0 Å². The third-order valence-corrected chi connectivity index (χ3v) is 5.12. The Hall–Kier alpha value is -2.54. The van der Waals surface area contributed by atoms with Crippen molar-refractivity contribution in [1.29, 1.82) is 0 Å². The fourth-order valence-electron chi connectivity index (χ4n) is 2.80. The quantitative estimate of drug-likeness (QED) is 0.898. The highest BCUT2D eigenvalue weighted by molar-refractivity contribution is 7.10. The first-order valence-corrected chi connectivity index (χ1v) is 8.56. The number of benzene rings is 1. The topological polar surface area (TPSA) is 78.7 Å². The minimum Gasteiger partial charge on any atom is -0.376 e. The van der Waals surface area contributed by atoms with Crippen molar-refractivity contribution in [1.82, 2.24) is 4.90 Å². The number of nitrogens with one attached hydrogen (secondary N) is 1. The number of primary amides is 1. The fraction of sp³-hybridized carbons (Fsp3) is 0.294. The first kappa shape index (κ1) is 16.3. The molecule has 0 unspecified atom stereocenters. The Kier molecular flexibility index (Phi) is 4.44. The second-order valence-electron chi connectivity index (χ2n) is 5.96. The van der Waals surface area contributed by atoms with Gasteiger partial charge in [-0.2, -0.15) is 0 Å². The molecule has 0 atom stereocenters. The maximum Gasteiger partial charge on any atom is 0.322 e. The predicted octanol–water partition coefficient (Wildman–Crippen LogP) is 2.50. The molecule has 1 aromatic carbocycles. The average Bonchev–Trinajstić information content (AvgIpc) is 3.01. The van der Waals surface area contributed by atoms with E-state index in [1.807, 2.05) is 19.0 Å². The van der Waals surface area contributed by atoms with Gasteiger partial charge in [0, 0.05) is 37.6 Å². The smallest absolute Gasteiger partial charge is 0.322 e. The normalized spacial score (nSPS) is 13.3. The van der Waals surface area contributed by atoms with Crippen molar-refractivity contribution >= 4 is 34.6 Å². The van der Waals surface area contributed by atoms with E-state index in [-0.39, 0.29) is 6.03 Å². The molecule has 0 aliphatic carbocycles. The molecule has 1 aliphatic rings. The zero-order chi connectivity index (χ0) is 17.3. The van der Waals surface area contributed by atoms with Crippen LogP contribution in [-0.4, -0.2) is 37.5 Å². The molecule has 6 nitrogen and oxygen atoms in total. The highest BCUT2D eigenvalue weighted by Crippen LogP contribution is 2.28. The van der Waals surface area contributed by atoms with Gasteiger partial charge >= 0.3 is 6.03 Å². The molecule has 1 aromatic heterocycles. The molecule has 24 heavy (non-hydrogen) atoms. The molecule has 1 aliphatic heterocycles. The summed E-state index contributed by atoms with van der Waals surface area (Å²) in [5.41, 5.74) is 8.33. The number of urea groups is 1. The average molecular weight is 344 g/mol. The Bertz CT molecular complexity index is 785. The molecular formula is C17H20N4O2S. The van der Waals surface area contributed by atoms with Crippen molar-refractivity contribution in [3.8, 4) is 0 Å². The summed E-state index contributed by atoms with van der Waals surface area (Å²) in [7, 11) is 3.76. The number of amides is 3. The predicted molar refractivity (Wildman–Crippen MR) is 96.7 cm³/mol. The monoisotopic (exact) mass is 344 g/mol. The molecule has 3 amide bonds. The summed E-state index contributed by atoms with van der Waals surface area (Å²) < 4.78 is 0. The Morgan fingerprint density at radius 1 is 1.29 bits per heavy atom. The lowest BCUT2D eigenvalue weighted by atomic mass is 10.1. The molecule has 0 radical (unpaired) electrons. The second kappa shape index (κ2) is 6.52. The van der Waals surface area contributed by atoms with Gasteiger partial charge in [-0.1, -0.05) is 0 Å². The number of anilines is 2. The highest BCUT2D eigenvalue weighted by atomic mass is 32.1. The van der Waals surface area contributed by atoms with E-state index in [9.17, 15) is 9.59 Å². The van der Waals surface area contributed by atoms with E-state index in [2.05, 4.69) is 16.8 Å². The van der Waals surface area contributed by atoms with Crippen molar-refractivity contribution in [2.75, 3.05) is 30.9 Å². The van der Waals surface area contributed by atoms with Crippen LogP contribution >= 0.6 is 11.3 Å². The number of carbonyl (C=O) groups excluding carboxylic acids is 2. The van der Waals surface area contributed by atoms with Gasteiger partial charge in [0.15, 0.2) is 0 Å². The van der Waals surface area contributed by atoms with Crippen LogP contribution in [0.2, 0.25) is 0 Å². The number of fused-ring (bicyclic) bond motifs is 1.